The summed E-state index contributed by atoms with van der Waals surface area (Å²) in [5.74, 6) is 0. The first-order chi connectivity index (χ1) is 12.6. The Bertz CT molecular complexity index is 882. The van der Waals surface area contributed by atoms with E-state index < -0.39 is 0 Å². The largest absolute Gasteiger partial charge is 0.252 e. The van der Waals surface area contributed by atoms with Gasteiger partial charge in [-0.2, -0.15) is 5.10 Å². The third kappa shape index (κ3) is 4.38. The van der Waals surface area contributed by atoms with Crippen molar-refractivity contribution in [3.63, 3.8) is 0 Å². The Morgan fingerprint density at radius 2 is 2.00 bits per heavy atom. The van der Waals surface area contributed by atoms with Crippen molar-refractivity contribution >= 4 is 22.2 Å². The molecule has 0 spiro atoms. The van der Waals surface area contributed by atoms with Gasteiger partial charge < -0.3 is 0 Å². The van der Waals surface area contributed by atoms with Gasteiger partial charge in [0.25, 0.3) is 0 Å². The quantitative estimate of drug-likeness (QED) is 0.360. The normalized spacial score (nSPS) is 15.5. The molecule has 0 aliphatic heterocycles. The number of nitrogens with zero attached hydrogens (tertiary/aromatic N) is 2. The molecule has 0 bridgehead atoms. The van der Waals surface area contributed by atoms with Crippen molar-refractivity contribution in [2.75, 3.05) is 5.43 Å². The zero-order valence-electron chi connectivity index (χ0n) is 15.7. The lowest BCUT2D eigenvalue weighted by Gasteiger charge is -2.04. The van der Waals surface area contributed by atoms with E-state index >= 15 is 0 Å². The van der Waals surface area contributed by atoms with Gasteiger partial charge in [-0.1, -0.05) is 48.1 Å². The average Bonchev–Trinajstić information content (AvgIpc) is 3.27. The van der Waals surface area contributed by atoms with Gasteiger partial charge in [0.1, 0.15) is 0 Å². The van der Waals surface area contributed by atoms with Crippen LogP contribution in [-0.2, 0) is 0 Å². The summed E-state index contributed by atoms with van der Waals surface area (Å²) in [6.07, 6.45) is 7.69. The fourth-order valence-electron chi connectivity index (χ4n) is 2.99. The predicted octanol–water partition coefficient (Wildman–Crippen LogP) is 6.52. The number of hydrazone groups is 1. The highest BCUT2D eigenvalue weighted by Gasteiger charge is 2.10. The van der Waals surface area contributed by atoms with E-state index in [9.17, 15) is 0 Å². The molecule has 0 unspecified atom stereocenters. The molecule has 1 N–H and O–H groups in total. The summed E-state index contributed by atoms with van der Waals surface area (Å²) in [6.45, 7) is 10.2. The van der Waals surface area contributed by atoms with Gasteiger partial charge >= 0.3 is 0 Å². The molecule has 4 heteroatoms. The number of hydrogen-bond acceptors (Lipinski definition) is 4. The minimum atomic E-state index is 0.791. The molecule has 1 aliphatic carbocycles. The minimum Gasteiger partial charge on any atom is -0.252 e. The molecule has 26 heavy (non-hydrogen) atoms. The lowest BCUT2D eigenvalue weighted by molar-refractivity contribution is 0.899. The van der Waals surface area contributed by atoms with Crippen LogP contribution in [0.5, 0.6) is 0 Å². The van der Waals surface area contributed by atoms with Crippen LogP contribution in [0.15, 0.2) is 70.2 Å². The Morgan fingerprint density at radius 1 is 1.23 bits per heavy atom. The maximum Gasteiger partial charge on any atom is 0.203 e. The van der Waals surface area contributed by atoms with E-state index in [0.717, 1.165) is 34.1 Å². The van der Waals surface area contributed by atoms with Gasteiger partial charge in [0.05, 0.1) is 11.4 Å². The lowest BCUT2D eigenvalue weighted by atomic mass is 10.1. The maximum absolute atomic E-state index is 4.63. The number of thiazole rings is 1. The Kier molecular flexibility index (Phi) is 5.84. The predicted molar refractivity (Wildman–Crippen MR) is 114 cm³/mol. The molecule has 3 rings (SSSR count). The van der Waals surface area contributed by atoms with E-state index in [1.807, 2.05) is 13.0 Å². The summed E-state index contributed by atoms with van der Waals surface area (Å²) < 4.78 is 0. The first-order valence-corrected chi connectivity index (χ1v) is 9.81. The van der Waals surface area contributed by atoms with Gasteiger partial charge in [-0.3, -0.25) is 5.43 Å². The molecule has 0 fully saturated rings. The Balaban J connectivity index is 1.72. The number of benzene rings is 1. The number of aromatic nitrogens is 1. The molecule has 0 radical (unpaired) electrons. The van der Waals surface area contributed by atoms with Crippen molar-refractivity contribution in [1.82, 2.24) is 4.98 Å². The Morgan fingerprint density at radius 3 is 2.65 bits per heavy atom. The zero-order valence-corrected chi connectivity index (χ0v) is 16.5. The van der Waals surface area contributed by atoms with E-state index in [-0.39, 0.29) is 0 Å². The number of aryl methyl sites for hydroxylation is 1. The lowest BCUT2D eigenvalue weighted by Crippen LogP contribution is -2.00. The summed E-state index contributed by atoms with van der Waals surface area (Å²) in [5, 5.41) is 7.35. The number of anilines is 1. The van der Waals surface area contributed by atoms with Crippen LogP contribution in [-0.4, -0.2) is 10.7 Å². The molecule has 2 aromatic rings. The van der Waals surface area contributed by atoms with Crippen LogP contribution in [0.4, 0.5) is 5.13 Å². The number of allylic oxidation sites excluding steroid dienone is 5. The summed E-state index contributed by atoms with van der Waals surface area (Å²) in [5.41, 5.74) is 11.3. The average molecular weight is 364 g/mol. The summed E-state index contributed by atoms with van der Waals surface area (Å²) in [7, 11) is 0. The first-order valence-electron chi connectivity index (χ1n) is 8.93. The van der Waals surface area contributed by atoms with E-state index in [4.69, 9.17) is 0 Å². The molecule has 1 heterocycles. The maximum atomic E-state index is 4.63. The molecule has 1 aromatic carbocycles. The smallest absolute Gasteiger partial charge is 0.203 e. The van der Waals surface area contributed by atoms with Crippen LogP contribution in [0.3, 0.4) is 0 Å². The highest BCUT2D eigenvalue weighted by atomic mass is 32.1. The molecule has 1 aromatic heterocycles. The van der Waals surface area contributed by atoms with Gasteiger partial charge in [0.2, 0.25) is 5.13 Å². The molecule has 0 saturated carbocycles. The third-order valence-electron chi connectivity index (χ3n) is 4.68. The monoisotopic (exact) mass is 363 g/mol. The molecule has 0 atom stereocenters. The van der Waals surface area contributed by atoms with Crippen LogP contribution < -0.4 is 5.43 Å². The number of nitrogens with one attached hydrogen (secondary N) is 1. The Hall–Kier alpha value is -2.46. The van der Waals surface area contributed by atoms with Gasteiger partial charge in [-0.25, -0.2) is 4.98 Å². The van der Waals surface area contributed by atoms with Crippen molar-refractivity contribution in [1.29, 1.82) is 0 Å². The van der Waals surface area contributed by atoms with Crippen molar-refractivity contribution < 1.29 is 0 Å². The highest BCUT2D eigenvalue weighted by Crippen LogP contribution is 2.28. The van der Waals surface area contributed by atoms with Crippen LogP contribution in [0, 0.1) is 6.92 Å². The molecule has 0 amide bonds. The second-order valence-corrected chi connectivity index (χ2v) is 7.53. The minimum absolute atomic E-state index is 0.791. The summed E-state index contributed by atoms with van der Waals surface area (Å²) >= 11 is 1.56. The van der Waals surface area contributed by atoms with E-state index in [1.165, 1.54) is 29.6 Å². The SMILES string of the molecule is C=CC(=C\C1=C(C)CCC1)/C(C)=N/Nc1nc(-c2ccc(C)cc2)cs1. The summed E-state index contributed by atoms with van der Waals surface area (Å²) in [6, 6.07) is 8.40. The van der Waals surface area contributed by atoms with Gasteiger partial charge in [0.15, 0.2) is 0 Å². The van der Waals surface area contributed by atoms with Crippen LogP contribution >= 0.6 is 11.3 Å². The fourth-order valence-corrected chi connectivity index (χ4v) is 3.65. The van der Waals surface area contributed by atoms with Crippen molar-refractivity contribution in [2.24, 2.45) is 5.10 Å². The highest BCUT2D eigenvalue weighted by molar-refractivity contribution is 7.14. The van der Waals surface area contributed by atoms with Crippen molar-refractivity contribution in [3.05, 3.63) is 70.7 Å². The van der Waals surface area contributed by atoms with Crippen molar-refractivity contribution in [2.45, 2.75) is 40.0 Å². The van der Waals surface area contributed by atoms with Crippen LogP contribution in [0.2, 0.25) is 0 Å². The van der Waals surface area contributed by atoms with E-state index in [0.29, 0.717) is 0 Å². The molecule has 1 aliphatic rings. The molecule has 0 saturated heterocycles. The van der Waals surface area contributed by atoms with Crippen molar-refractivity contribution in [3.8, 4) is 11.3 Å². The Labute approximate surface area is 159 Å². The standard InChI is InChI=1S/C22H25N3S/c1-5-18(13-20-8-6-7-16(20)3)17(4)24-25-22-23-21(14-26-22)19-11-9-15(2)10-12-19/h5,9-14H,1,6-8H2,2-4H3,(H,23,25)/b18-13+,24-17+. The van der Waals surface area contributed by atoms with E-state index in [1.54, 1.807) is 11.3 Å². The number of rotatable bonds is 6. The zero-order chi connectivity index (χ0) is 18.5. The number of hydrogen-bond donors (Lipinski definition) is 1. The van der Waals surface area contributed by atoms with Crippen LogP contribution in [0.25, 0.3) is 11.3 Å². The molecular weight excluding hydrogens is 338 g/mol. The third-order valence-corrected chi connectivity index (χ3v) is 5.43. The molecular formula is C22H25N3S. The van der Waals surface area contributed by atoms with Gasteiger partial charge in [-0.15, -0.1) is 11.3 Å². The second kappa shape index (κ2) is 8.28. The molecule has 3 nitrogen and oxygen atoms in total. The van der Waals surface area contributed by atoms with Gasteiger partial charge in [-0.05, 0) is 57.3 Å². The fraction of sp³-hybridized carbons (Fsp3) is 0.273. The first kappa shape index (κ1) is 18.3. The van der Waals surface area contributed by atoms with Crippen LogP contribution in [0.1, 0.15) is 38.7 Å². The van der Waals surface area contributed by atoms with E-state index in [2.05, 4.69) is 71.7 Å². The second-order valence-electron chi connectivity index (χ2n) is 6.68. The van der Waals surface area contributed by atoms with Gasteiger partial charge in [0, 0.05) is 10.9 Å². The topological polar surface area (TPSA) is 37.3 Å². The molecule has 134 valence electrons. The summed E-state index contributed by atoms with van der Waals surface area (Å²) in [4.78, 5) is 4.63.